The molecule has 5 heteroatoms. The van der Waals surface area contributed by atoms with Gasteiger partial charge in [0, 0.05) is 5.56 Å². The quantitative estimate of drug-likeness (QED) is 0.795. The highest BCUT2D eigenvalue weighted by atomic mass is 16.5. The number of carboxylic acids is 1. The summed E-state index contributed by atoms with van der Waals surface area (Å²) >= 11 is 0. The zero-order chi connectivity index (χ0) is 16.8. The van der Waals surface area contributed by atoms with Gasteiger partial charge in [-0.2, -0.15) is 0 Å². The lowest BCUT2D eigenvalue weighted by Gasteiger charge is -2.13. The van der Waals surface area contributed by atoms with Crippen molar-refractivity contribution < 1.29 is 24.3 Å². The maximum Gasteiger partial charge on any atom is 0.137 e. The Morgan fingerprint density at radius 3 is 2.30 bits per heavy atom. The summed E-state index contributed by atoms with van der Waals surface area (Å²) in [6, 6.07) is 12.1. The molecule has 1 N–H and O–H groups in total. The van der Waals surface area contributed by atoms with Gasteiger partial charge in [0.2, 0.25) is 0 Å². The van der Waals surface area contributed by atoms with E-state index in [1.54, 1.807) is 19.2 Å². The van der Waals surface area contributed by atoms with Crippen molar-refractivity contribution in [3.8, 4) is 22.6 Å². The van der Waals surface area contributed by atoms with E-state index in [4.69, 9.17) is 9.47 Å². The van der Waals surface area contributed by atoms with Gasteiger partial charge < -0.3 is 24.3 Å². The number of likely N-dealkylation sites (N-methyl/N-ethyl adjacent to an activating group) is 1. The Morgan fingerprint density at radius 1 is 1.09 bits per heavy atom. The minimum Gasteiger partial charge on any atom is -0.545 e. The third-order valence-corrected chi connectivity index (χ3v) is 3.48. The van der Waals surface area contributed by atoms with Crippen molar-refractivity contribution in [2.24, 2.45) is 0 Å². The summed E-state index contributed by atoms with van der Waals surface area (Å²) < 4.78 is 10.8. The second-order valence-electron chi connectivity index (χ2n) is 5.53. The Morgan fingerprint density at radius 2 is 1.74 bits per heavy atom. The number of aromatic carboxylic acids is 1. The van der Waals surface area contributed by atoms with Gasteiger partial charge in [0.15, 0.2) is 0 Å². The van der Waals surface area contributed by atoms with Crippen LogP contribution in [0.15, 0.2) is 42.5 Å². The first-order valence-electron chi connectivity index (χ1n) is 7.43. The molecule has 2 aromatic rings. The number of hydrogen-bond acceptors (Lipinski definition) is 4. The molecule has 0 bridgehead atoms. The van der Waals surface area contributed by atoms with Gasteiger partial charge in [-0.15, -0.1) is 0 Å². The fraction of sp³-hybridized carbons (Fsp3) is 0.278. The first-order valence-corrected chi connectivity index (χ1v) is 7.43. The standard InChI is InChI=1S/C18H21NO4/c1-19(2)10-11-23-14-6-4-13(5-7-14)17-12-15(22-3)8-9-16(17)18(20)21/h4-9,12H,10-11H2,1-3H3,(H,20,21). The lowest BCUT2D eigenvalue weighted by atomic mass is 9.99. The van der Waals surface area contributed by atoms with Crippen molar-refractivity contribution in [2.45, 2.75) is 0 Å². The van der Waals surface area contributed by atoms with E-state index < -0.39 is 5.97 Å². The van der Waals surface area contributed by atoms with Gasteiger partial charge in [-0.3, -0.25) is 0 Å². The molecule has 5 nitrogen and oxygen atoms in total. The molecule has 0 aliphatic carbocycles. The number of carbonyl (C=O) groups excluding carboxylic acids is 1. The zero-order valence-electron chi connectivity index (χ0n) is 13.6. The average molecular weight is 315 g/mol. The van der Waals surface area contributed by atoms with E-state index >= 15 is 0 Å². The van der Waals surface area contributed by atoms with Crippen molar-refractivity contribution in [1.82, 2.24) is 0 Å². The van der Waals surface area contributed by atoms with Crippen LogP contribution in [0.5, 0.6) is 11.5 Å². The van der Waals surface area contributed by atoms with E-state index in [0.717, 1.165) is 17.9 Å². The van der Waals surface area contributed by atoms with E-state index in [1.807, 2.05) is 24.3 Å². The number of nitrogens with one attached hydrogen (secondary N) is 1. The van der Waals surface area contributed by atoms with E-state index in [-0.39, 0.29) is 5.56 Å². The van der Waals surface area contributed by atoms with Crippen molar-refractivity contribution >= 4 is 5.97 Å². The number of methoxy groups -OCH3 is 1. The van der Waals surface area contributed by atoms with Crippen LogP contribution in [-0.4, -0.2) is 40.3 Å². The minimum absolute atomic E-state index is 0.135. The second kappa shape index (κ2) is 7.65. The van der Waals surface area contributed by atoms with E-state index in [1.165, 1.54) is 11.0 Å². The molecular weight excluding hydrogens is 294 g/mol. The van der Waals surface area contributed by atoms with Gasteiger partial charge in [0.05, 0.1) is 27.2 Å². The highest BCUT2D eigenvalue weighted by molar-refractivity contribution is 5.95. The molecule has 122 valence electrons. The summed E-state index contributed by atoms with van der Waals surface area (Å²) in [7, 11) is 5.68. The van der Waals surface area contributed by atoms with Gasteiger partial charge in [-0.1, -0.05) is 12.1 Å². The summed E-state index contributed by atoms with van der Waals surface area (Å²) in [6.07, 6.45) is 0. The molecular formula is C18H21NO4. The maximum absolute atomic E-state index is 11.3. The Labute approximate surface area is 136 Å². The molecule has 0 amide bonds. The molecule has 0 heterocycles. The molecule has 0 saturated heterocycles. The van der Waals surface area contributed by atoms with Gasteiger partial charge in [0.25, 0.3) is 0 Å². The summed E-state index contributed by atoms with van der Waals surface area (Å²) in [5.74, 6) is 0.143. The Balaban J connectivity index is 2.23. The number of quaternary nitrogens is 1. The van der Waals surface area contributed by atoms with Gasteiger partial charge in [-0.05, 0) is 41.5 Å². The number of ether oxygens (including phenoxy) is 2. The molecule has 0 aliphatic rings. The maximum atomic E-state index is 11.3. The highest BCUT2D eigenvalue weighted by Gasteiger charge is 2.08. The predicted octanol–water partition coefficient (Wildman–Crippen LogP) is 0.249. The molecule has 0 saturated carbocycles. The fourth-order valence-electron chi connectivity index (χ4n) is 2.17. The molecule has 0 aromatic heterocycles. The Bertz CT molecular complexity index is 665. The van der Waals surface area contributed by atoms with Gasteiger partial charge >= 0.3 is 0 Å². The van der Waals surface area contributed by atoms with Crippen molar-refractivity contribution in [3.05, 3.63) is 48.0 Å². The van der Waals surface area contributed by atoms with Crippen LogP contribution in [0.4, 0.5) is 0 Å². The minimum atomic E-state index is -1.21. The lowest BCUT2D eigenvalue weighted by molar-refractivity contribution is -0.858. The van der Waals surface area contributed by atoms with Crippen LogP contribution in [0, 0.1) is 0 Å². The average Bonchev–Trinajstić information content (AvgIpc) is 2.54. The summed E-state index contributed by atoms with van der Waals surface area (Å²) in [5.41, 5.74) is 1.47. The topological polar surface area (TPSA) is 63.0 Å². The molecule has 0 atom stereocenters. The van der Waals surface area contributed by atoms with E-state index in [2.05, 4.69) is 14.1 Å². The van der Waals surface area contributed by atoms with Crippen LogP contribution in [-0.2, 0) is 0 Å². The molecule has 0 radical (unpaired) electrons. The smallest absolute Gasteiger partial charge is 0.137 e. The molecule has 0 unspecified atom stereocenters. The molecule has 0 aliphatic heterocycles. The first-order chi connectivity index (χ1) is 11.0. The van der Waals surface area contributed by atoms with E-state index in [0.29, 0.717) is 17.9 Å². The van der Waals surface area contributed by atoms with Crippen LogP contribution < -0.4 is 19.5 Å². The lowest BCUT2D eigenvalue weighted by Crippen LogP contribution is -3.06. The highest BCUT2D eigenvalue weighted by Crippen LogP contribution is 2.29. The van der Waals surface area contributed by atoms with Crippen LogP contribution in [0.2, 0.25) is 0 Å². The molecule has 2 aromatic carbocycles. The monoisotopic (exact) mass is 315 g/mol. The third kappa shape index (κ3) is 4.47. The Hall–Kier alpha value is -2.53. The third-order valence-electron chi connectivity index (χ3n) is 3.48. The molecule has 0 fully saturated rings. The second-order valence-corrected chi connectivity index (χ2v) is 5.53. The number of carbonyl (C=O) groups is 1. The summed E-state index contributed by atoms with van der Waals surface area (Å²) in [4.78, 5) is 12.6. The number of hydrogen-bond donors (Lipinski definition) is 1. The molecule has 0 spiro atoms. The molecule has 2 rings (SSSR count). The van der Waals surface area contributed by atoms with Crippen LogP contribution in [0.1, 0.15) is 10.4 Å². The number of carboxylic acid groups (broad SMARTS) is 1. The van der Waals surface area contributed by atoms with Crippen LogP contribution in [0.25, 0.3) is 11.1 Å². The predicted molar refractivity (Wildman–Crippen MR) is 85.9 cm³/mol. The van der Waals surface area contributed by atoms with Crippen molar-refractivity contribution in [3.63, 3.8) is 0 Å². The van der Waals surface area contributed by atoms with Crippen molar-refractivity contribution in [1.29, 1.82) is 0 Å². The normalized spacial score (nSPS) is 10.6. The number of benzene rings is 2. The van der Waals surface area contributed by atoms with Crippen LogP contribution in [0.3, 0.4) is 0 Å². The number of rotatable bonds is 7. The fourth-order valence-corrected chi connectivity index (χ4v) is 2.17. The summed E-state index contributed by atoms with van der Waals surface area (Å²) in [6.45, 7) is 1.54. The van der Waals surface area contributed by atoms with Crippen LogP contribution >= 0.6 is 0 Å². The van der Waals surface area contributed by atoms with Crippen molar-refractivity contribution in [2.75, 3.05) is 34.4 Å². The SMILES string of the molecule is COc1ccc(C(=O)[O-])c(-c2ccc(OCC[NH+](C)C)cc2)c1. The first kappa shape index (κ1) is 16.8. The van der Waals surface area contributed by atoms with Gasteiger partial charge in [0.1, 0.15) is 24.7 Å². The Kier molecular flexibility index (Phi) is 5.60. The van der Waals surface area contributed by atoms with E-state index in [9.17, 15) is 9.90 Å². The largest absolute Gasteiger partial charge is 0.545 e. The molecule has 23 heavy (non-hydrogen) atoms. The van der Waals surface area contributed by atoms with Gasteiger partial charge in [-0.25, -0.2) is 0 Å². The summed E-state index contributed by atoms with van der Waals surface area (Å²) in [5, 5.41) is 11.3. The zero-order valence-corrected chi connectivity index (χ0v) is 13.6.